The number of aromatic nitrogens is 1. The highest BCUT2D eigenvalue weighted by molar-refractivity contribution is 6.04. The molecule has 0 unspecified atom stereocenters. The molecule has 0 atom stereocenters. The number of rotatable bonds is 6. The molecule has 1 heterocycles. The molecule has 0 saturated carbocycles. The number of hydrogen-bond acceptors (Lipinski definition) is 2. The molecule has 0 radical (unpaired) electrons. The predicted octanol–water partition coefficient (Wildman–Crippen LogP) is 4.95. The molecule has 3 heteroatoms. The van der Waals surface area contributed by atoms with Gasteiger partial charge >= 0.3 is 5.97 Å². The van der Waals surface area contributed by atoms with E-state index in [1.165, 1.54) is 11.1 Å². The molecule has 0 bridgehead atoms. The van der Waals surface area contributed by atoms with Crippen LogP contribution in [-0.2, 0) is 11.3 Å². The van der Waals surface area contributed by atoms with Crippen LogP contribution in [0.5, 0.6) is 0 Å². The van der Waals surface area contributed by atoms with Crippen molar-refractivity contribution >= 4 is 16.9 Å². The van der Waals surface area contributed by atoms with Gasteiger partial charge in [-0.2, -0.15) is 0 Å². The topological polar surface area (TPSA) is 31.2 Å². The average molecular weight is 321 g/mol. The maximum absolute atomic E-state index is 12.4. The Labute approximate surface area is 142 Å². The van der Waals surface area contributed by atoms with Crippen LogP contribution in [0.3, 0.4) is 0 Å². The Morgan fingerprint density at radius 2 is 1.92 bits per heavy atom. The van der Waals surface area contributed by atoms with E-state index in [2.05, 4.69) is 36.6 Å². The molecule has 24 heavy (non-hydrogen) atoms. The predicted molar refractivity (Wildman–Crippen MR) is 97.4 cm³/mol. The van der Waals surface area contributed by atoms with Crippen molar-refractivity contribution in [3.8, 4) is 0 Å². The van der Waals surface area contributed by atoms with E-state index in [0.717, 1.165) is 30.3 Å². The van der Waals surface area contributed by atoms with Gasteiger partial charge in [0, 0.05) is 23.6 Å². The molecule has 0 aliphatic rings. The number of ether oxygens (including phenoxy) is 1. The lowest BCUT2D eigenvalue weighted by Gasteiger charge is -2.06. The van der Waals surface area contributed by atoms with Gasteiger partial charge in [0.25, 0.3) is 0 Å². The number of hydrogen-bond donors (Lipinski definition) is 0. The molecule has 124 valence electrons. The number of carbonyl (C=O) groups is 1. The zero-order chi connectivity index (χ0) is 16.9. The van der Waals surface area contributed by atoms with Crippen molar-refractivity contribution in [3.63, 3.8) is 0 Å². The Kier molecular flexibility index (Phi) is 4.99. The van der Waals surface area contributed by atoms with E-state index in [1.54, 1.807) is 0 Å². The number of aryl methyl sites for hydroxylation is 1. The average Bonchev–Trinajstić information content (AvgIpc) is 2.94. The summed E-state index contributed by atoms with van der Waals surface area (Å²) in [6, 6.07) is 16.5. The highest BCUT2D eigenvalue weighted by atomic mass is 16.5. The number of benzene rings is 2. The fourth-order valence-electron chi connectivity index (χ4n) is 2.86. The van der Waals surface area contributed by atoms with Crippen LogP contribution in [0, 0.1) is 6.92 Å². The molecule has 0 fully saturated rings. The highest BCUT2D eigenvalue weighted by Crippen LogP contribution is 2.24. The fraction of sp³-hybridized carbons (Fsp3) is 0.286. The minimum absolute atomic E-state index is 0.232. The van der Waals surface area contributed by atoms with Crippen molar-refractivity contribution < 1.29 is 9.53 Å². The second kappa shape index (κ2) is 7.35. The van der Waals surface area contributed by atoms with Gasteiger partial charge in [-0.25, -0.2) is 4.79 Å². The summed E-state index contributed by atoms with van der Waals surface area (Å²) < 4.78 is 7.55. The first-order valence-electron chi connectivity index (χ1n) is 8.49. The number of nitrogens with zero attached hydrogens (tertiary/aromatic N) is 1. The van der Waals surface area contributed by atoms with Crippen LogP contribution in [0.25, 0.3) is 10.9 Å². The number of esters is 1. The molecular weight excluding hydrogens is 298 g/mol. The monoisotopic (exact) mass is 321 g/mol. The Bertz CT molecular complexity index is 834. The molecule has 0 saturated heterocycles. The molecule has 0 aliphatic heterocycles. The maximum Gasteiger partial charge on any atom is 0.340 e. The molecule has 1 aromatic heterocycles. The van der Waals surface area contributed by atoms with Crippen molar-refractivity contribution in [3.05, 3.63) is 71.4 Å². The van der Waals surface area contributed by atoms with Crippen molar-refractivity contribution in [2.75, 3.05) is 6.61 Å². The molecule has 0 spiro atoms. The molecular formula is C21H23NO2. The first-order valence-corrected chi connectivity index (χ1v) is 8.49. The Balaban J connectivity index is 1.96. The van der Waals surface area contributed by atoms with Crippen LogP contribution in [0.4, 0.5) is 0 Å². The first-order chi connectivity index (χ1) is 11.7. The van der Waals surface area contributed by atoms with Crippen LogP contribution >= 0.6 is 0 Å². The lowest BCUT2D eigenvalue weighted by atomic mass is 10.1. The summed E-state index contributed by atoms with van der Waals surface area (Å²) in [4.78, 5) is 12.4. The van der Waals surface area contributed by atoms with Crippen LogP contribution in [0.15, 0.2) is 54.7 Å². The third-order valence-corrected chi connectivity index (χ3v) is 4.18. The number of carbonyl (C=O) groups excluding carboxylic acids is 1. The zero-order valence-corrected chi connectivity index (χ0v) is 14.3. The van der Waals surface area contributed by atoms with E-state index in [1.807, 2.05) is 36.5 Å². The molecule has 0 aliphatic carbocycles. The van der Waals surface area contributed by atoms with Gasteiger partial charge in [-0.1, -0.05) is 55.8 Å². The molecule has 2 aromatic carbocycles. The lowest BCUT2D eigenvalue weighted by Crippen LogP contribution is -2.06. The van der Waals surface area contributed by atoms with Gasteiger partial charge in [-0.3, -0.25) is 0 Å². The second-order valence-electron chi connectivity index (χ2n) is 6.17. The minimum Gasteiger partial charge on any atom is -0.462 e. The Hall–Kier alpha value is -2.55. The molecule has 0 N–H and O–H groups in total. The summed E-state index contributed by atoms with van der Waals surface area (Å²) in [6.07, 6.45) is 3.83. The highest BCUT2D eigenvalue weighted by Gasteiger charge is 2.16. The van der Waals surface area contributed by atoms with E-state index < -0.39 is 0 Å². The summed E-state index contributed by atoms with van der Waals surface area (Å²) in [5, 5.41) is 0.957. The normalized spacial score (nSPS) is 10.9. The van der Waals surface area contributed by atoms with E-state index in [9.17, 15) is 4.79 Å². The van der Waals surface area contributed by atoms with Gasteiger partial charge in [0.2, 0.25) is 0 Å². The third kappa shape index (κ3) is 3.51. The van der Waals surface area contributed by atoms with Crippen LogP contribution in [-0.4, -0.2) is 17.1 Å². The summed E-state index contributed by atoms with van der Waals surface area (Å²) in [5.74, 6) is -0.232. The van der Waals surface area contributed by atoms with Gasteiger partial charge in [0.15, 0.2) is 0 Å². The smallest absolute Gasteiger partial charge is 0.340 e. The fourth-order valence-corrected chi connectivity index (χ4v) is 2.86. The molecule has 3 aromatic rings. The number of unbranched alkanes of at least 4 members (excludes halogenated alkanes) is 1. The van der Waals surface area contributed by atoms with Gasteiger partial charge in [-0.15, -0.1) is 0 Å². The summed E-state index contributed by atoms with van der Waals surface area (Å²) in [5.41, 5.74) is 4.11. The van der Waals surface area contributed by atoms with Crippen LogP contribution in [0.2, 0.25) is 0 Å². The molecule has 3 rings (SSSR count). The van der Waals surface area contributed by atoms with Crippen LogP contribution < -0.4 is 0 Å². The largest absolute Gasteiger partial charge is 0.462 e. The quantitative estimate of drug-likeness (QED) is 0.475. The van der Waals surface area contributed by atoms with Crippen molar-refractivity contribution in [2.45, 2.75) is 33.2 Å². The van der Waals surface area contributed by atoms with E-state index >= 15 is 0 Å². The van der Waals surface area contributed by atoms with Gasteiger partial charge in [0.1, 0.15) is 0 Å². The van der Waals surface area contributed by atoms with E-state index in [0.29, 0.717) is 12.2 Å². The lowest BCUT2D eigenvalue weighted by molar-refractivity contribution is 0.0502. The summed E-state index contributed by atoms with van der Waals surface area (Å²) in [6.45, 7) is 5.37. The second-order valence-corrected chi connectivity index (χ2v) is 6.17. The van der Waals surface area contributed by atoms with E-state index in [-0.39, 0.29) is 5.97 Å². The number of fused-ring (bicyclic) bond motifs is 1. The summed E-state index contributed by atoms with van der Waals surface area (Å²) in [7, 11) is 0. The van der Waals surface area contributed by atoms with Crippen molar-refractivity contribution in [1.29, 1.82) is 0 Å². The zero-order valence-electron chi connectivity index (χ0n) is 14.3. The summed E-state index contributed by atoms with van der Waals surface area (Å²) >= 11 is 0. The SMILES string of the molecule is CCCCOC(=O)c1cn(Cc2ccccc2)c2cc(C)ccc12. The van der Waals surface area contributed by atoms with E-state index in [4.69, 9.17) is 4.74 Å². The van der Waals surface area contributed by atoms with Gasteiger partial charge in [0.05, 0.1) is 12.2 Å². The van der Waals surface area contributed by atoms with Gasteiger partial charge < -0.3 is 9.30 Å². The first kappa shape index (κ1) is 16.3. The van der Waals surface area contributed by atoms with Gasteiger partial charge in [-0.05, 0) is 30.5 Å². The Morgan fingerprint density at radius 3 is 2.67 bits per heavy atom. The standard InChI is InChI=1S/C21H23NO2/c1-3-4-12-24-21(23)19-15-22(14-17-8-6-5-7-9-17)20-13-16(2)10-11-18(19)20/h5-11,13,15H,3-4,12,14H2,1-2H3. The molecule has 0 amide bonds. The Morgan fingerprint density at radius 1 is 1.12 bits per heavy atom. The maximum atomic E-state index is 12.4. The minimum atomic E-state index is -0.232. The van der Waals surface area contributed by atoms with Crippen molar-refractivity contribution in [1.82, 2.24) is 4.57 Å². The third-order valence-electron chi connectivity index (χ3n) is 4.18. The van der Waals surface area contributed by atoms with Crippen molar-refractivity contribution in [2.24, 2.45) is 0 Å². The van der Waals surface area contributed by atoms with Crippen LogP contribution in [0.1, 0.15) is 41.3 Å². The molecule has 3 nitrogen and oxygen atoms in total.